The zero-order valence-corrected chi connectivity index (χ0v) is 19.4. The number of fused-ring (bicyclic) bond motifs is 2. The van der Waals surface area contributed by atoms with Crippen molar-refractivity contribution < 1.29 is 9.50 Å². The summed E-state index contributed by atoms with van der Waals surface area (Å²) >= 11 is 0. The van der Waals surface area contributed by atoms with Gasteiger partial charge < -0.3 is 15.4 Å². The molecule has 0 amide bonds. The number of H-pyrrole nitrogens is 2. The van der Waals surface area contributed by atoms with Crippen LogP contribution in [0.3, 0.4) is 0 Å². The van der Waals surface area contributed by atoms with Crippen molar-refractivity contribution in [1.82, 2.24) is 35.5 Å². The van der Waals surface area contributed by atoms with Crippen LogP contribution in [0, 0.1) is 5.82 Å². The van der Waals surface area contributed by atoms with E-state index >= 15 is 0 Å². The van der Waals surface area contributed by atoms with Crippen molar-refractivity contribution in [2.75, 3.05) is 6.54 Å². The van der Waals surface area contributed by atoms with Gasteiger partial charge in [-0.1, -0.05) is 13.0 Å². The zero-order valence-electron chi connectivity index (χ0n) is 19.4. The third-order valence-corrected chi connectivity index (χ3v) is 6.05. The second-order valence-corrected chi connectivity index (χ2v) is 8.53. The number of pyridine rings is 2. The molecule has 9 heteroatoms. The van der Waals surface area contributed by atoms with Gasteiger partial charge in [0.15, 0.2) is 5.82 Å². The standard InChI is InChI=1S/C27H22FN7O/c1-2-29-12-15-7-18(14-30-13-15)16-3-4-22-21(10-16)25(35-34-22)27-32-23-5-6-31-24(26(23)33-27)17-8-19(28)11-20(36)9-17/h3-11,13-14,29,36H,2,12H2,1H3,(H,32,33)(H,34,35). The molecular weight excluding hydrogens is 457 g/mol. The highest BCUT2D eigenvalue weighted by atomic mass is 19.1. The first kappa shape index (κ1) is 21.9. The van der Waals surface area contributed by atoms with Crippen LogP contribution in [0.25, 0.3) is 55.8 Å². The van der Waals surface area contributed by atoms with Crippen LogP contribution >= 0.6 is 0 Å². The number of imidazole rings is 1. The molecule has 36 heavy (non-hydrogen) atoms. The minimum atomic E-state index is -0.547. The molecule has 0 fully saturated rings. The molecule has 0 aliphatic heterocycles. The fourth-order valence-corrected chi connectivity index (χ4v) is 4.36. The van der Waals surface area contributed by atoms with E-state index in [4.69, 9.17) is 4.98 Å². The van der Waals surface area contributed by atoms with Gasteiger partial charge in [-0.2, -0.15) is 5.10 Å². The molecule has 0 aliphatic carbocycles. The van der Waals surface area contributed by atoms with Crippen LogP contribution < -0.4 is 5.32 Å². The second kappa shape index (κ2) is 8.86. The van der Waals surface area contributed by atoms with Gasteiger partial charge in [0.2, 0.25) is 0 Å². The molecule has 0 radical (unpaired) electrons. The van der Waals surface area contributed by atoms with Gasteiger partial charge in [0.1, 0.15) is 22.8 Å². The minimum absolute atomic E-state index is 0.172. The molecule has 6 aromatic rings. The number of aromatic amines is 2. The van der Waals surface area contributed by atoms with Gasteiger partial charge in [0, 0.05) is 47.7 Å². The SMILES string of the molecule is CCNCc1cncc(-c2ccc3[nH]nc(-c4nc5c(-c6cc(O)cc(F)c6)nccc5[nH]4)c3c2)c1. The van der Waals surface area contributed by atoms with Gasteiger partial charge >= 0.3 is 0 Å². The van der Waals surface area contributed by atoms with E-state index in [1.54, 1.807) is 12.3 Å². The topological polar surface area (TPSA) is 115 Å². The minimum Gasteiger partial charge on any atom is -0.508 e. The molecule has 6 rings (SSSR count). The highest BCUT2D eigenvalue weighted by molar-refractivity contribution is 5.97. The van der Waals surface area contributed by atoms with Crippen molar-refractivity contribution in [3.05, 3.63) is 78.5 Å². The van der Waals surface area contributed by atoms with Crippen molar-refractivity contribution in [1.29, 1.82) is 0 Å². The molecule has 4 heterocycles. The Bertz CT molecular complexity index is 1700. The Morgan fingerprint density at radius 2 is 1.86 bits per heavy atom. The summed E-state index contributed by atoms with van der Waals surface area (Å²) in [5, 5.41) is 21.7. The van der Waals surface area contributed by atoms with E-state index in [1.807, 2.05) is 24.5 Å². The Morgan fingerprint density at radius 3 is 2.72 bits per heavy atom. The third-order valence-electron chi connectivity index (χ3n) is 6.05. The molecule has 0 saturated heterocycles. The fraction of sp³-hybridized carbons (Fsp3) is 0.111. The van der Waals surface area contributed by atoms with Gasteiger partial charge in [0.05, 0.1) is 16.7 Å². The van der Waals surface area contributed by atoms with E-state index in [-0.39, 0.29) is 5.75 Å². The molecule has 2 aromatic carbocycles. The molecular formula is C27H22FN7O. The number of hydrogen-bond donors (Lipinski definition) is 4. The second-order valence-electron chi connectivity index (χ2n) is 8.53. The van der Waals surface area contributed by atoms with Gasteiger partial charge in [-0.25, -0.2) is 9.37 Å². The first-order chi connectivity index (χ1) is 17.6. The maximum Gasteiger partial charge on any atom is 0.159 e. The summed E-state index contributed by atoms with van der Waals surface area (Å²) in [6.45, 7) is 3.73. The number of phenols is 1. The molecule has 0 spiro atoms. The van der Waals surface area contributed by atoms with E-state index in [9.17, 15) is 9.50 Å². The van der Waals surface area contributed by atoms with Gasteiger partial charge in [-0.3, -0.25) is 15.1 Å². The number of nitrogens with zero attached hydrogens (tertiary/aromatic N) is 4. The molecule has 4 aromatic heterocycles. The summed E-state index contributed by atoms with van der Waals surface area (Å²) in [6.07, 6.45) is 5.34. The zero-order chi connectivity index (χ0) is 24.6. The van der Waals surface area contributed by atoms with Crippen molar-refractivity contribution in [3.63, 3.8) is 0 Å². The summed E-state index contributed by atoms with van der Waals surface area (Å²) in [5.41, 5.74) is 6.88. The average molecular weight is 480 g/mol. The lowest BCUT2D eigenvalue weighted by Gasteiger charge is -2.06. The van der Waals surface area contributed by atoms with Crippen LogP contribution in [0.4, 0.5) is 4.39 Å². The number of rotatable bonds is 6. The first-order valence-electron chi connectivity index (χ1n) is 11.6. The predicted octanol–water partition coefficient (Wildman–Crippen LogP) is 5.18. The van der Waals surface area contributed by atoms with Crippen LogP contribution in [-0.4, -0.2) is 41.8 Å². The summed E-state index contributed by atoms with van der Waals surface area (Å²) in [5.74, 6) is -0.161. The fourth-order valence-electron chi connectivity index (χ4n) is 4.36. The average Bonchev–Trinajstić information content (AvgIpc) is 3.50. The summed E-state index contributed by atoms with van der Waals surface area (Å²) < 4.78 is 13.9. The molecule has 0 aliphatic rings. The lowest BCUT2D eigenvalue weighted by atomic mass is 10.0. The van der Waals surface area contributed by atoms with Crippen LogP contribution in [0.5, 0.6) is 5.75 Å². The third kappa shape index (κ3) is 3.95. The van der Waals surface area contributed by atoms with Crippen LogP contribution in [0.15, 0.2) is 67.1 Å². The predicted molar refractivity (Wildman–Crippen MR) is 137 cm³/mol. The Hall–Kier alpha value is -4.63. The monoisotopic (exact) mass is 479 g/mol. The molecule has 0 saturated carbocycles. The van der Waals surface area contributed by atoms with E-state index in [0.29, 0.717) is 28.3 Å². The maximum absolute atomic E-state index is 13.9. The number of hydrogen-bond acceptors (Lipinski definition) is 6. The van der Waals surface area contributed by atoms with Crippen LogP contribution in [0.1, 0.15) is 12.5 Å². The maximum atomic E-state index is 13.9. The van der Waals surface area contributed by atoms with Crippen molar-refractivity contribution in [3.8, 4) is 39.7 Å². The number of aromatic hydroxyl groups is 1. The van der Waals surface area contributed by atoms with E-state index in [1.165, 1.54) is 12.1 Å². The molecule has 8 nitrogen and oxygen atoms in total. The Labute approximate surface area is 205 Å². The molecule has 4 N–H and O–H groups in total. The Balaban J connectivity index is 1.44. The highest BCUT2D eigenvalue weighted by Gasteiger charge is 2.17. The molecule has 0 unspecified atom stereocenters. The number of halogens is 1. The van der Waals surface area contributed by atoms with E-state index in [0.717, 1.165) is 52.3 Å². The van der Waals surface area contributed by atoms with Crippen molar-refractivity contribution in [2.24, 2.45) is 0 Å². The van der Waals surface area contributed by atoms with Gasteiger partial charge in [0.25, 0.3) is 0 Å². The number of nitrogens with one attached hydrogen (secondary N) is 3. The summed E-state index contributed by atoms with van der Waals surface area (Å²) in [7, 11) is 0. The van der Waals surface area contributed by atoms with Crippen LogP contribution in [-0.2, 0) is 6.54 Å². The lowest BCUT2D eigenvalue weighted by molar-refractivity contribution is 0.469. The largest absolute Gasteiger partial charge is 0.508 e. The quantitative estimate of drug-likeness (QED) is 0.262. The Morgan fingerprint density at radius 1 is 0.944 bits per heavy atom. The number of benzene rings is 2. The normalized spacial score (nSPS) is 11.5. The van der Waals surface area contributed by atoms with Gasteiger partial charge in [-0.05, 0) is 54.1 Å². The highest BCUT2D eigenvalue weighted by Crippen LogP contribution is 2.33. The van der Waals surface area contributed by atoms with E-state index < -0.39 is 5.82 Å². The van der Waals surface area contributed by atoms with Crippen molar-refractivity contribution >= 4 is 21.9 Å². The summed E-state index contributed by atoms with van der Waals surface area (Å²) in [4.78, 5) is 16.9. The molecule has 0 bridgehead atoms. The first-order valence-corrected chi connectivity index (χ1v) is 11.6. The van der Waals surface area contributed by atoms with Gasteiger partial charge in [-0.15, -0.1) is 0 Å². The van der Waals surface area contributed by atoms with E-state index in [2.05, 4.69) is 49.5 Å². The molecule has 0 atom stereocenters. The number of phenolic OH excluding ortho intramolecular Hbond substituents is 1. The smallest absolute Gasteiger partial charge is 0.159 e. The summed E-state index contributed by atoms with van der Waals surface area (Å²) in [6, 6.07) is 13.9. The van der Waals surface area contributed by atoms with Crippen molar-refractivity contribution in [2.45, 2.75) is 13.5 Å². The molecule has 178 valence electrons. The lowest BCUT2D eigenvalue weighted by Crippen LogP contribution is -2.11. The van der Waals surface area contributed by atoms with Crippen LogP contribution in [0.2, 0.25) is 0 Å². The number of aromatic nitrogens is 6. The Kier molecular flexibility index (Phi) is 5.38.